The minimum absolute atomic E-state index is 0.570. The Bertz CT molecular complexity index is 128. The second-order valence-electron chi connectivity index (χ2n) is 2.79. The van der Waals surface area contributed by atoms with Crippen LogP contribution in [-0.2, 0) is 4.79 Å². The summed E-state index contributed by atoms with van der Waals surface area (Å²) in [7, 11) is 0. The second kappa shape index (κ2) is 7.06. The molecular weight excluding hydrogens is 156 g/mol. The fraction of sp³-hybridized carbons (Fsp3) is 0.875. The SMILES string of the molecule is CCNCCCCC(N)C(=O)O. The molecular formula is C8H18N2O2. The minimum atomic E-state index is -0.904. The molecule has 0 aliphatic heterocycles. The maximum absolute atomic E-state index is 10.3. The average Bonchev–Trinajstić information content (AvgIpc) is 2.03. The van der Waals surface area contributed by atoms with Gasteiger partial charge in [0.25, 0.3) is 0 Å². The Morgan fingerprint density at radius 3 is 2.75 bits per heavy atom. The van der Waals surface area contributed by atoms with Crippen LogP contribution in [0.2, 0.25) is 0 Å². The molecule has 0 aromatic heterocycles. The van der Waals surface area contributed by atoms with Gasteiger partial charge in [-0.05, 0) is 25.9 Å². The number of carboxylic acid groups (broad SMARTS) is 1. The van der Waals surface area contributed by atoms with Crippen molar-refractivity contribution in [2.45, 2.75) is 32.2 Å². The summed E-state index contributed by atoms with van der Waals surface area (Å²) in [5, 5.41) is 11.6. The van der Waals surface area contributed by atoms with Crippen molar-refractivity contribution < 1.29 is 9.90 Å². The second-order valence-corrected chi connectivity index (χ2v) is 2.79. The predicted octanol–water partition coefficient (Wildman–Crippen LogP) is 0.178. The van der Waals surface area contributed by atoms with Crippen molar-refractivity contribution in [1.29, 1.82) is 0 Å². The monoisotopic (exact) mass is 174 g/mol. The molecule has 4 N–H and O–H groups in total. The number of hydrogen-bond acceptors (Lipinski definition) is 3. The first-order valence-electron chi connectivity index (χ1n) is 4.37. The number of carboxylic acids is 1. The lowest BCUT2D eigenvalue weighted by atomic mass is 10.1. The Kier molecular flexibility index (Phi) is 6.70. The molecule has 1 unspecified atom stereocenters. The van der Waals surface area contributed by atoms with Crippen LogP contribution in [0.1, 0.15) is 26.2 Å². The van der Waals surface area contributed by atoms with Gasteiger partial charge < -0.3 is 16.2 Å². The highest BCUT2D eigenvalue weighted by Gasteiger charge is 2.09. The molecule has 0 saturated carbocycles. The van der Waals surface area contributed by atoms with Crippen LogP contribution in [0, 0.1) is 0 Å². The maximum atomic E-state index is 10.3. The average molecular weight is 174 g/mol. The molecule has 0 heterocycles. The van der Waals surface area contributed by atoms with Gasteiger partial charge in [0.15, 0.2) is 0 Å². The Balaban J connectivity index is 3.14. The van der Waals surface area contributed by atoms with Gasteiger partial charge in [0, 0.05) is 0 Å². The third-order valence-electron chi connectivity index (χ3n) is 1.69. The van der Waals surface area contributed by atoms with Gasteiger partial charge in [-0.25, -0.2) is 0 Å². The number of hydrogen-bond donors (Lipinski definition) is 3. The summed E-state index contributed by atoms with van der Waals surface area (Å²) < 4.78 is 0. The molecule has 0 amide bonds. The zero-order valence-corrected chi connectivity index (χ0v) is 7.55. The van der Waals surface area contributed by atoms with Crippen molar-refractivity contribution in [3.63, 3.8) is 0 Å². The highest BCUT2D eigenvalue weighted by atomic mass is 16.4. The Morgan fingerprint density at radius 2 is 2.25 bits per heavy atom. The molecule has 0 spiro atoms. The van der Waals surface area contributed by atoms with E-state index in [4.69, 9.17) is 10.8 Å². The van der Waals surface area contributed by atoms with Gasteiger partial charge in [-0.2, -0.15) is 0 Å². The molecule has 72 valence electrons. The fourth-order valence-electron chi connectivity index (χ4n) is 0.915. The number of carbonyl (C=O) groups is 1. The van der Waals surface area contributed by atoms with E-state index in [1.54, 1.807) is 0 Å². The van der Waals surface area contributed by atoms with E-state index in [0.29, 0.717) is 6.42 Å². The molecule has 4 heteroatoms. The summed E-state index contributed by atoms with van der Waals surface area (Å²) >= 11 is 0. The van der Waals surface area contributed by atoms with E-state index in [1.807, 2.05) is 6.92 Å². The summed E-state index contributed by atoms with van der Waals surface area (Å²) in [5.41, 5.74) is 5.31. The molecule has 0 aliphatic rings. The van der Waals surface area contributed by atoms with Crippen LogP contribution in [0.5, 0.6) is 0 Å². The van der Waals surface area contributed by atoms with Gasteiger partial charge in [0.1, 0.15) is 6.04 Å². The summed E-state index contributed by atoms with van der Waals surface area (Å²) in [4.78, 5) is 10.3. The topological polar surface area (TPSA) is 75.3 Å². The Labute approximate surface area is 73.1 Å². The summed E-state index contributed by atoms with van der Waals surface area (Å²) in [5.74, 6) is -0.904. The lowest BCUT2D eigenvalue weighted by Gasteiger charge is -2.05. The van der Waals surface area contributed by atoms with Crippen molar-refractivity contribution in [3.05, 3.63) is 0 Å². The Morgan fingerprint density at radius 1 is 1.58 bits per heavy atom. The summed E-state index contributed by atoms with van der Waals surface area (Å²) in [6, 6.07) is -0.688. The first-order valence-corrected chi connectivity index (χ1v) is 4.37. The molecule has 0 fully saturated rings. The molecule has 1 atom stereocenters. The van der Waals surface area contributed by atoms with Crippen molar-refractivity contribution in [2.75, 3.05) is 13.1 Å². The van der Waals surface area contributed by atoms with E-state index in [9.17, 15) is 4.79 Å². The van der Waals surface area contributed by atoms with E-state index >= 15 is 0 Å². The lowest BCUT2D eigenvalue weighted by Crippen LogP contribution is -2.30. The lowest BCUT2D eigenvalue weighted by molar-refractivity contribution is -0.138. The standard InChI is InChI=1S/C8H18N2O2/c1-2-10-6-4-3-5-7(9)8(11)12/h7,10H,2-6,9H2,1H3,(H,11,12). The number of aliphatic carboxylic acids is 1. The van der Waals surface area contributed by atoms with Gasteiger partial charge >= 0.3 is 5.97 Å². The summed E-state index contributed by atoms with van der Waals surface area (Å²) in [6.07, 6.45) is 2.44. The van der Waals surface area contributed by atoms with Crippen molar-refractivity contribution in [1.82, 2.24) is 5.32 Å². The largest absolute Gasteiger partial charge is 0.480 e. The van der Waals surface area contributed by atoms with Crippen molar-refractivity contribution in [3.8, 4) is 0 Å². The molecule has 4 nitrogen and oxygen atoms in total. The first-order chi connectivity index (χ1) is 5.68. The van der Waals surface area contributed by atoms with Crippen LogP contribution in [0.25, 0.3) is 0 Å². The number of nitrogens with one attached hydrogen (secondary N) is 1. The summed E-state index contributed by atoms with van der Waals surface area (Å²) in [6.45, 7) is 3.96. The van der Waals surface area contributed by atoms with Crippen LogP contribution < -0.4 is 11.1 Å². The van der Waals surface area contributed by atoms with Crippen molar-refractivity contribution >= 4 is 5.97 Å². The van der Waals surface area contributed by atoms with Crippen LogP contribution >= 0.6 is 0 Å². The van der Waals surface area contributed by atoms with Crippen molar-refractivity contribution in [2.24, 2.45) is 5.73 Å². The third-order valence-corrected chi connectivity index (χ3v) is 1.69. The molecule has 0 aromatic carbocycles. The van der Waals surface area contributed by atoms with E-state index in [1.165, 1.54) is 0 Å². The smallest absolute Gasteiger partial charge is 0.320 e. The van der Waals surface area contributed by atoms with Gasteiger partial charge in [0.05, 0.1) is 0 Å². The molecule has 0 saturated heterocycles. The zero-order valence-electron chi connectivity index (χ0n) is 7.55. The van der Waals surface area contributed by atoms with E-state index in [2.05, 4.69) is 5.32 Å². The quantitative estimate of drug-likeness (QED) is 0.481. The normalized spacial score (nSPS) is 12.8. The number of nitrogens with two attached hydrogens (primary N) is 1. The van der Waals surface area contributed by atoms with Crippen LogP contribution in [0.3, 0.4) is 0 Å². The number of rotatable bonds is 7. The van der Waals surface area contributed by atoms with Gasteiger partial charge in [-0.1, -0.05) is 13.3 Å². The van der Waals surface area contributed by atoms with Crippen LogP contribution in [0.4, 0.5) is 0 Å². The minimum Gasteiger partial charge on any atom is -0.480 e. The molecule has 0 aromatic rings. The molecule has 0 bridgehead atoms. The van der Waals surface area contributed by atoms with Gasteiger partial charge in [-0.15, -0.1) is 0 Å². The van der Waals surface area contributed by atoms with E-state index in [0.717, 1.165) is 25.9 Å². The van der Waals surface area contributed by atoms with Crippen LogP contribution in [0.15, 0.2) is 0 Å². The highest BCUT2D eigenvalue weighted by Crippen LogP contribution is 1.97. The van der Waals surface area contributed by atoms with E-state index in [-0.39, 0.29) is 0 Å². The molecule has 12 heavy (non-hydrogen) atoms. The fourth-order valence-corrected chi connectivity index (χ4v) is 0.915. The first kappa shape index (κ1) is 11.4. The van der Waals surface area contributed by atoms with E-state index < -0.39 is 12.0 Å². The molecule has 0 radical (unpaired) electrons. The third kappa shape index (κ3) is 6.12. The molecule has 0 rings (SSSR count). The van der Waals surface area contributed by atoms with Gasteiger partial charge in [-0.3, -0.25) is 4.79 Å². The highest BCUT2D eigenvalue weighted by molar-refractivity contribution is 5.72. The predicted molar refractivity (Wildman–Crippen MR) is 48.0 cm³/mol. The van der Waals surface area contributed by atoms with Crippen LogP contribution in [-0.4, -0.2) is 30.2 Å². The number of unbranched alkanes of at least 4 members (excludes halogenated alkanes) is 1. The Hall–Kier alpha value is -0.610. The molecule has 0 aliphatic carbocycles. The maximum Gasteiger partial charge on any atom is 0.320 e. The van der Waals surface area contributed by atoms with Gasteiger partial charge in [0.2, 0.25) is 0 Å². The zero-order chi connectivity index (χ0) is 9.40.